The Balaban J connectivity index is 2.14. The Bertz CT molecular complexity index is 592. The molecule has 0 N–H and O–H groups in total. The normalized spacial score (nSPS) is 22.7. The topological polar surface area (TPSA) is 93.7 Å². The fourth-order valence-corrected chi connectivity index (χ4v) is 5.34. The van der Waals surface area contributed by atoms with Crippen molar-refractivity contribution in [2.45, 2.75) is 20.0 Å². The van der Waals surface area contributed by atoms with Gasteiger partial charge in [-0.1, -0.05) is 11.9 Å². The molecule has 9 nitrogen and oxygen atoms in total. The van der Waals surface area contributed by atoms with E-state index >= 15 is 0 Å². The molecule has 130 valence electrons. The molecule has 0 bridgehead atoms. The fourth-order valence-electron chi connectivity index (χ4n) is 2.55. The fraction of sp³-hybridized carbons (Fsp3) is 0.750. The first-order valence-electron chi connectivity index (χ1n) is 7.40. The van der Waals surface area contributed by atoms with Crippen LogP contribution in [0.3, 0.4) is 0 Å². The van der Waals surface area contributed by atoms with E-state index in [9.17, 15) is 14.7 Å². The van der Waals surface area contributed by atoms with Gasteiger partial charge in [0.2, 0.25) is 0 Å². The molecule has 1 aliphatic heterocycles. The van der Waals surface area contributed by atoms with E-state index in [1.165, 1.54) is 17.8 Å². The monoisotopic (exact) mass is 365 g/mol. The third kappa shape index (κ3) is 3.75. The van der Waals surface area contributed by atoms with Crippen LogP contribution in [0.25, 0.3) is 0 Å². The van der Waals surface area contributed by atoms with Gasteiger partial charge in [0, 0.05) is 32.1 Å². The lowest BCUT2D eigenvalue weighted by Crippen LogP contribution is -2.23. The van der Waals surface area contributed by atoms with Gasteiger partial charge in [0.15, 0.2) is 0 Å². The van der Waals surface area contributed by atoms with Crippen LogP contribution in [0.5, 0.6) is 0 Å². The summed E-state index contributed by atoms with van der Waals surface area (Å²) in [5.74, 6) is 0.0983. The van der Waals surface area contributed by atoms with Gasteiger partial charge in [0.1, 0.15) is 18.5 Å². The molecule has 0 radical (unpaired) electrons. The molecule has 2 rings (SSSR count). The first-order valence-corrected chi connectivity index (χ1v) is 9.47. The standard InChI is InChI=1S/C12H21ClN5O4P/c1-3-5-16-7-8-17(6-4-13)23(16,21)22-10-11-9-14-12(15(11)2)18(19)20/h9H,3-8,10H2,1-2H3. The minimum absolute atomic E-state index is 0.00633. The summed E-state index contributed by atoms with van der Waals surface area (Å²) in [6, 6.07) is 0. The van der Waals surface area contributed by atoms with E-state index in [2.05, 4.69) is 4.98 Å². The highest BCUT2D eigenvalue weighted by Gasteiger charge is 2.43. The Morgan fingerprint density at radius 3 is 2.61 bits per heavy atom. The molecule has 11 heteroatoms. The Morgan fingerprint density at radius 1 is 1.43 bits per heavy atom. The molecule has 1 saturated heterocycles. The van der Waals surface area contributed by atoms with Gasteiger partial charge in [-0.2, -0.15) is 0 Å². The number of hydrogen-bond acceptors (Lipinski definition) is 5. The lowest BCUT2D eigenvalue weighted by Gasteiger charge is -2.28. The second-order valence-electron chi connectivity index (χ2n) is 5.23. The Kier molecular flexibility index (Phi) is 6.16. The summed E-state index contributed by atoms with van der Waals surface area (Å²) in [6.45, 7) is 4.45. The van der Waals surface area contributed by atoms with E-state index in [1.54, 1.807) is 4.67 Å². The number of alkyl halides is 1. The number of nitro groups is 1. The molecule has 0 spiro atoms. The third-order valence-electron chi connectivity index (χ3n) is 3.76. The largest absolute Gasteiger partial charge is 0.434 e. The van der Waals surface area contributed by atoms with Crippen molar-refractivity contribution < 1.29 is 14.0 Å². The maximum atomic E-state index is 13.3. The zero-order valence-electron chi connectivity index (χ0n) is 13.2. The van der Waals surface area contributed by atoms with E-state index in [0.717, 1.165) is 6.42 Å². The van der Waals surface area contributed by atoms with Crippen molar-refractivity contribution in [2.24, 2.45) is 7.05 Å². The van der Waals surface area contributed by atoms with Crippen LogP contribution in [0.4, 0.5) is 5.95 Å². The van der Waals surface area contributed by atoms with Gasteiger partial charge in [0.05, 0.1) is 7.05 Å². The smallest absolute Gasteiger partial charge is 0.390 e. The molecule has 0 amide bonds. The van der Waals surface area contributed by atoms with Crippen LogP contribution in [-0.4, -0.2) is 55.9 Å². The minimum atomic E-state index is -3.15. The highest BCUT2D eigenvalue weighted by Crippen LogP contribution is 2.58. The molecule has 0 saturated carbocycles. The lowest BCUT2D eigenvalue weighted by molar-refractivity contribution is -0.396. The zero-order chi connectivity index (χ0) is 17.0. The van der Waals surface area contributed by atoms with Gasteiger partial charge in [-0.3, -0.25) is 9.09 Å². The van der Waals surface area contributed by atoms with E-state index in [0.29, 0.717) is 37.8 Å². The number of nitrogens with zero attached hydrogens (tertiary/aromatic N) is 5. The highest BCUT2D eigenvalue weighted by atomic mass is 35.5. The summed E-state index contributed by atoms with van der Waals surface area (Å²) < 4.78 is 24.0. The van der Waals surface area contributed by atoms with Crippen LogP contribution in [0, 0.1) is 10.1 Å². The van der Waals surface area contributed by atoms with Crippen molar-refractivity contribution in [3.05, 3.63) is 22.0 Å². The summed E-state index contributed by atoms with van der Waals surface area (Å²) >= 11 is 5.79. The predicted molar refractivity (Wildman–Crippen MR) is 86.4 cm³/mol. The van der Waals surface area contributed by atoms with Gasteiger partial charge in [-0.05, 0) is 11.3 Å². The summed E-state index contributed by atoms with van der Waals surface area (Å²) in [5, 5.41) is 10.8. The number of hydrogen-bond donors (Lipinski definition) is 0. The highest BCUT2D eigenvalue weighted by molar-refractivity contribution is 7.54. The van der Waals surface area contributed by atoms with Crippen molar-refractivity contribution in [3.63, 3.8) is 0 Å². The molecule has 1 atom stereocenters. The maximum absolute atomic E-state index is 13.3. The lowest BCUT2D eigenvalue weighted by atomic mass is 10.5. The van der Waals surface area contributed by atoms with Crippen LogP contribution in [-0.2, 0) is 22.7 Å². The van der Waals surface area contributed by atoms with Crippen molar-refractivity contribution in [3.8, 4) is 0 Å². The summed E-state index contributed by atoms with van der Waals surface area (Å²) in [5.41, 5.74) is 0.501. The van der Waals surface area contributed by atoms with Crippen LogP contribution in [0.2, 0.25) is 0 Å². The maximum Gasteiger partial charge on any atom is 0.434 e. The van der Waals surface area contributed by atoms with Crippen LogP contribution in [0.1, 0.15) is 19.0 Å². The molecule has 23 heavy (non-hydrogen) atoms. The second-order valence-corrected chi connectivity index (χ2v) is 7.97. The summed E-state index contributed by atoms with van der Waals surface area (Å²) in [7, 11) is -1.62. The molecule has 1 aromatic rings. The third-order valence-corrected chi connectivity index (χ3v) is 6.62. The molecule has 2 heterocycles. The Morgan fingerprint density at radius 2 is 2.09 bits per heavy atom. The molecule has 0 aromatic carbocycles. The summed E-state index contributed by atoms with van der Waals surface area (Å²) in [6.07, 6.45) is 2.23. The quantitative estimate of drug-likeness (QED) is 0.302. The predicted octanol–water partition coefficient (Wildman–Crippen LogP) is 2.22. The van der Waals surface area contributed by atoms with E-state index < -0.39 is 12.6 Å². The molecule has 0 aliphatic carbocycles. The first-order chi connectivity index (χ1) is 10.9. The van der Waals surface area contributed by atoms with Crippen molar-refractivity contribution in [2.75, 3.05) is 32.1 Å². The summed E-state index contributed by atoms with van der Waals surface area (Å²) in [4.78, 5) is 14.0. The number of imidazole rings is 1. The van der Waals surface area contributed by atoms with Crippen molar-refractivity contribution >= 4 is 25.2 Å². The molecule has 1 fully saturated rings. The minimum Gasteiger partial charge on any atom is -0.390 e. The second kappa shape index (κ2) is 7.72. The molecule has 1 unspecified atom stereocenters. The van der Waals surface area contributed by atoms with Gasteiger partial charge in [-0.15, -0.1) is 11.6 Å². The molecule has 1 aliphatic rings. The SMILES string of the molecule is CCCN1CCN(CCCl)P1(=O)OCc1cnc([N+](=O)[O-])n1C. The van der Waals surface area contributed by atoms with Crippen molar-refractivity contribution in [1.82, 2.24) is 18.9 Å². The van der Waals surface area contributed by atoms with Crippen LogP contribution >= 0.6 is 19.3 Å². The van der Waals surface area contributed by atoms with E-state index in [4.69, 9.17) is 16.1 Å². The van der Waals surface area contributed by atoms with Gasteiger partial charge in [-0.25, -0.2) is 13.9 Å². The average Bonchev–Trinajstić information content (AvgIpc) is 3.01. The zero-order valence-corrected chi connectivity index (χ0v) is 14.9. The van der Waals surface area contributed by atoms with E-state index in [1.807, 2.05) is 11.6 Å². The average molecular weight is 366 g/mol. The molecular formula is C12H21ClN5O4P. The number of halogens is 1. The number of rotatable bonds is 8. The van der Waals surface area contributed by atoms with Gasteiger partial charge < -0.3 is 10.1 Å². The van der Waals surface area contributed by atoms with Crippen LogP contribution in [0.15, 0.2) is 6.20 Å². The van der Waals surface area contributed by atoms with Crippen LogP contribution < -0.4 is 0 Å². The van der Waals surface area contributed by atoms with Gasteiger partial charge in [0.25, 0.3) is 0 Å². The van der Waals surface area contributed by atoms with Gasteiger partial charge >= 0.3 is 13.6 Å². The first kappa shape index (κ1) is 18.4. The van der Waals surface area contributed by atoms with E-state index in [-0.39, 0.29) is 12.6 Å². The molecule has 1 aromatic heterocycles. The van der Waals surface area contributed by atoms with Crippen molar-refractivity contribution in [1.29, 1.82) is 0 Å². The number of aromatic nitrogens is 2. The Hall–Kier alpha value is -0.990. The molecular weight excluding hydrogens is 345 g/mol. The Labute approximate surface area is 139 Å².